The van der Waals surface area contributed by atoms with Crippen molar-refractivity contribution < 1.29 is 14.3 Å². The monoisotopic (exact) mass is 450 g/mol. The van der Waals surface area contributed by atoms with Gasteiger partial charge in [-0.25, -0.2) is 10.2 Å². The maximum Gasteiger partial charge on any atom is 0.332 e. The number of primary amides is 1. The minimum Gasteiger partial charge on any atom is -0.493 e. The number of amides is 2. The van der Waals surface area contributed by atoms with Gasteiger partial charge >= 0.3 is 6.03 Å². The maximum absolute atomic E-state index is 10.6. The van der Waals surface area contributed by atoms with Crippen molar-refractivity contribution in [2.45, 2.75) is 6.61 Å². The zero-order chi connectivity index (χ0) is 18.2. The molecule has 2 aromatic carbocycles. The van der Waals surface area contributed by atoms with E-state index in [-0.39, 0.29) is 6.61 Å². The summed E-state index contributed by atoms with van der Waals surface area (Å²) in [6.45, 7) is 0.243. The third kappa shape index (κ3) is 5.09. The van der Waals surface area contributed by atoms with E-state index in [1.165, 1.54) is 13.3 Å². The molecule has 2 rings (SSSR count). The summed E-state index contributed by atoms with van der Waals surface area (Å²) in [5.74, 6) is 1.08. The Kier molecular flexibility index (Phi) is 6.59. The van der Waals surface area contributed by atoms with Crippen LogP contribution < -0.4 is 20.6 Å². The highest BCUT2D eigenvalue weighted by Gasteiger charge is 2.12. The number of carbonyl (C=O) groups excluding carboxylic acids is 1. The lowest BCUT2D eigenvalue weighted by Gasteiger charge is -2.14. The molecule has 0 saturated carbocycles. The highest BCUT2D eigenvalue weighted by atomic mass is 127. The van der Waals surface area contributed by atoms with Crippen LogP contribution in [0.25, 0.3) is 0 Å². The van der Waals surface area contributed by atoms with E-state index in [0.29, 0.717) is 22.6 Å². The van der Waals surface area contributed by atoms with Gasteiger partial charge in [0.2, 0.25) is 0 Å². The number of nitrogens with two attached hydrogens (primary N) is 1. The number of rotatable bonds is 6. The Morgan fingerprint density at radius 1 is 1.44 bits per heavy atom. The summed E-state index contributed by atoms with van der Waals surface area (Å²) in [7, 11) is 1.53. The Hall–Kier alpha value is -2.80. The van der Waals surface area contributed by atoms with Crippen LogP contribution in [-0.4, -0.2) is 19.4 Å². The number of nitriles is 1. The van der Waals surface area contributed by atoms with Crippen LogP contribution in [0.1, 0.15) is 16.7 Å². The quantitative estimate of drug-likeness (QED) is 0.401. The van der Waals surface area contributed by atoms with E-state index in [1.54, 1.807) is 18.2 Å². The number of benzene rings is 2. The average Bonchev–Trinajstić information content (AvgIpc) is 2.60. The van der Waals surface area contributed by atoms with Gasteiger partial charge in [0.25, 0.3) is 0 Å². The minimum absolute atomic E-state index is 0.243. The number of hydrogen-bond acceptors (Lipinski definition) is 5. The number of nitrogens with zero attached hydrogens (tertiary/aromatic N) is 2. The summed E-state index contributed by atoms with van der Waals surface area (Å²) in [6.07, 6.45) is 1.45. The van der Waals surface area contributed by atoms with Gasteiger partial charge in [0, 0.05) is 5.56 Å². The molecule has 0 atom stereocenters. The molecule has 25 heavy (non-hydrogen) atoms. The second-order valence-electron chi connectivity index (χ2n) is 4.83. The zero-order valence-corrected chi connectivity index (χ0v) is 15.5. The molecule has 0 bridgehead atoms. The predicted octanol–water partition coefficient (Wildman–Crippen LogP) is 2.75. The van der Waals surface area contributed by atoms with E-state index < -0.39 is 6.03 Å². The van der Waals surface area contributed by atoms with Gasteiger partial charge in [-0.3, -0.25) is 0 Å². The van der Waals surface area contributed by atoms with Gasteiger partial charge in [0.05, 0.1) is 28.5 Å². The number of ether oxygens (including phenoxy) is 2. The fourth-order valence-electron chi connectivity index (χ4n) is 2.03. The van der Waals surface area contributed by atoms with Crippen LogP contribution in [0.2, 0.25) is 0 Å². The SMILES string of the molecule is COc1cc(/C=N\NC(N)=O)cc(I)c1OCc1ccccc1C#N. The van der Waals surface area contributed by atoms with Crippen molar-refractivity contribution >= 4 is 34.8 Å². The molecule has 2 amide bonds. The van der Waals surface area contributed by atoms with E-state index in [4.69, 9.17) is 20.5 Å². The summed E-state index contributed by atoms with van der Waals surface area (Å²) < 4.78 is 12.0. The Morgan fingerprint density at radius 2 is 2.20 bits per heavy atom. The first-order valence-corrected chi connectivity index (χ1v) is 8.20. The molecule has 8 heteroatoms. The van der Waals surface area contributed by atoms with Gasteiger partial charge in [0.1, 0.15) is 6.61 Å². The standard InChI is InChI=1S/C17H15IN4O3/c1-24-15-7-11(9-21-22-17(20)23)6-14(18)16(15)25-10-13-5-3-2-4-12(13)8-19/h2-7,9H,10H2,1H3,(H3,20,22,23)/b21-9-. The van der Waals surface area contributed by atoms with E-state index >= 15 is 0 Å². The lowest BCUT2D eigenvalue weighted by Crippen LogP contribution is -2.24. The number of nitrogens with one attached hydrogen (secondary N) is 1. The Labute approximate surface area is 158 Å². The number of halogens is 1. The van der Waals surface area contributed by atoms with Gasteiger partial charge in [0.15, 0.2) is 11.5 Å². The van der Waals surface area contributed by atoms with Crippen LogP contribution in [-0.2, 0) is 6.61 Å². The highest BCUT2D eigenvalue weighted by molar-refractivity contribution is 14.1. The number of methoxy groups -OCH3 is 1. The summed E-state index contributed by atoms with van der Waals surface area (Å²) in [5, 5.41) is 12.9. The van der Waals surface area contributed by atoms with Crippen molar-refractivity contribution in [1.29, 1.82) is 5.26 Å². The van der Waals surface area contributed by atoms with Gasteiger partial charge in [-0.05, 0) is 46.4 Å². The molecule has 128 valence electrons. The van der Waals surface area contributed by atoms with Crippen molar-refractivity contribution in [2.75, 3.05) is 7.11 Å². The number of carbonyl (C=O) groups is 1. The molecule has 0 fully saturated rings. The van der Waals surface area contributed by atoms with Crippen molar-refractivity contribution in [2.24, 2.45) is 10.8 Å². The topological polar surface area (TPSA) is 110 Å². The van der Waals surface area contributed by atoms with Crippen LogP contribution >= 0.6 is 22.6 Å². The van der Waals surface area contributed by atoms with Gasteiger partial charge in [-0.15, -0.1) is 0 Å². The Bertz CT molecular complexity index is 846. The van der Waals surface area contributed by atoms with Gasteiger partial charge in [-0.2, -0.15) is 10.4 Å². The number of hydrazone groups is 1. The molecule has 0 spiro atoms. The normalized spacial score (nSPS) is 10.3. The second kappa shape index (κ2) is 8.89. The van der Waals surface area contributed by atoms with Gasteiger partial charge in [-0.1, -0.05) is 18.2 Å². The smallest absolute Gasteiger partial charge is 0.332 e. The molecule has 0 saturated heterocycles. The minimum atomic E-state index is -0.742. The number of urea groups is 1. The summed E-state index contributed by atoms with van der Waals surface area (Å²) in [4.78, 5) is 10.6. The van der Waals surface area contributed by atoms with Crippen LogP contribution in [0.15, 0.2) is 41.5 Å². The Balaban J connectivity index is 2.22. The van der Waals surface area contributed by atoms with Crippen molar-refractivity contribution in [3.8, 4) is 17.6 Å². The van der Waals surface area contributed by atoms with Crippen molar-refractivity contribution in [1.82, 2.24) is 5.43 Å². The van der Waals surface area contributed by atoms with Crippen LogP contribution in [0, 0.1) is 14.9 Å². The molecular formula is C17H15IN4O3. The van der Waals surface area contributed by atoms with Crippen molar-refractivity contribution in [3.63, 3.8) is 0 Å². The lowest BCUT2D eigenvalue weighted by molar-refractivity contribution is 0.249. The predicted molar refractivity (Wildman–Crippen MR) is 102 cm³/mol. The maximum atomic E-state index is 10.6. The van der Waals surface area contributed by atoms with E-state index in [9.17, 15) is 4.79 Å². The van der Waals surface area contributed by atoms with Crippen LogP contribution in [0.4, 0.5) is 4.79 Å². The van der Waals surface area contributed by atoms with E-state index in [0.717, 1.165) is 9.13 Å². The molecule has 0 aliphatic carbocycles. The third-order valence-electron chi connectivity index (χ3n) is 3.15. The summed E-state index contributed by atoms with van der Waals surface area (Å²) in [5.41, 5.74) is 9.15. The molecule has 0 radical (unpaired) electrons. The first-order valence-electron chi connectivity index (χ1n) is 7.12. The molecule has 0 aromatic heterocycles. The molecule has 0 heterocycles. The summed E-state index contributed by atoms with van der Waals surface area (Å²) >= 11 is 2.12. The zero-order valence-electron chi connectivity index (χ0n) is 13.3. The molecule has 0 unspecified atom stereocenters. The molecular weight excluding hydrogens is 435 g/mol. The van der Waals surface area contributed by atoms with Crippen molar-refractivity contribution in [3.05, 3.63) is 56.7 Å². The third-order valence-corrected chi connectivity index (χ3v) is 3.95. The summed E-state index contributed by atoms with van der Waals surface area (Å²) in [6, 6.07) is 12.2. The van der Waals surface area contributed by atoms with E-state index in [2.05, 4.69) is 39.2 Å². The average molecular weight is 450 g/mol. The lowest BCUT2D eigenvalue weighted by atomic mass is 10.1. The fourth-order valence-corrected chi connectivity index (χ4v) is 2.81. The molecule has 2 aromatic rings. The number of hydrogen-bond donors (Lipinski definition) is 2. The molecule has 7 nitrogen and oxygen atoms in total. The van der Waals surface area contributed by atoms with Crippen LogP contribution in [0.5, 0.6) is 11.5 Å². The van der Waals surface area contributed by atoms with E-state index in [1.807, 2.05) is 18.2 Å². The fraction of sp³-hybridized carbons (Fsp3) is 0.118. The largest absolute Gasteiger partial charge is 0.493 e. The Morgan fingerprint density at radius 3 is 2.88 bits per heavy atom. The van der Waals surface area contributed by atoms with Crippen LogP contribution in [0.3, 0.4) is 0 Å². The highest BCUT2D eigenvalue weighted by Crippen LogP contribution is 2.34. The van der Waals surface area contributed by atoms with Gasteiger partial charge < -0.3 is 15.2 Å². The molecule has 0 aliphatic rings. The molecule has 3 N–H and O–H groups in total. The molecule has 0 aliphatic heterocycles. The first kappa shape index (κ1) is 18.5. The second-order valence-corrected chi connectivity index (χ2v) is 5.99. The first-order chi connectivity index (χ1) is 12.0.